The molecule has 1 aliphatic rings. The van der Waals surface area contributed by atoms with E-state index in [0.29, 0.717) is 5.92 Å². The summed E-state index contributed by atoms with van der Waals surface area (Å²) in [5.41, 5.74) is 10.5. The van der Waals surface area contributed by atoms with Crippen molar-refractivity contribution in [2.75, 3.05) is 0 Å². The number of fused-ring (bicyclic) bond motifs is 1. The molecule has 0 fully saturated rings. The lowest BCUT2D eigenvalue weighted by atomic mass is 9.77. The Morgan fingerprint density at radius 1 is 1.10 bits per heavy atom. The fourth-order valence-electron chi connectivity index (χ4n) is 2.91. The highest BCUT2D eigenvalue weighted by molar-refractivity contribution is 5.85. The van der Waals surface area contributed by atoms with Crippen LogP contribution in [0, 0.1) is 0 Å². The molecular weight excluding hydrogens is 291 g/mol. The molecule has 1 aromatic heterocycles. The molecule has 20 heavy (non-hydrogen) atoms. The van der Waals surface area contributed by atoms with E-state index in [1.54, 1.807) is 0 Å². The molecule has 2 aromatic rings. The zero-order valence-electron chi connectivity index (χ0n) is 11.2. The lowest BCUT2D eigenvalue weighted by molar-refractivity contribution is 0.467. The van der Waals surface area contributed by atoms with Gasteiger partial charge in [-0.05, 0) is 42.0 Å². The van der Waals surface area contributed by atoms with E-state index in [1.165, 1.54) is 16.7 Å². The van der Waals surface area contributed by atoms with Gasteiger partial charge >= 0.3 is 0 Å². The lowest BCUT2D eigenvalue weighted by Gasteiger charge is -2.31. The largest absolute Gasteiger partial charge is 0.327 e. The number of aromatic nitrogens is 1. The standard InChI is InChI=1S/C16H18N2.2ClH/c17-16-8-7-13-5-1-2-6-14(13)15(16)10-12-4-3-9-18-11-12;;/h1-6,9,11,15-16H,7-8,10,17H2;2*1H. The van der Waals surface area contributed by atoms with Gasteiger partial charge < -0.3 is 5.73 Å². The summed E-state index contributed by atoms with van der Waals surface area (Å²) in [6, 6.07) is 13.1. The van der Waals surface area contributed by atoms with Crippen LogP contribution in [0.1, 0.15) is 29.0 Å². The molecule has 1 heterocycles. The molecule has 0 amide bonds. The van der Waals surface area contributed by atoms with Crippen molar-refractivity contribution in [3.8, 4) is 0 Å². The average Bonchev–Trinajstić information content (AvgIpc) is 2.43. The van der Waals surface area contributed by atoms with E-state index in [1.807, 2.05) is 18.5 Å². The maximum atomic E-state index is 6.32. The molecule has 1 aromatic carbocycles. The Labute approximate surface area is 132 Å². The topological polar surface area (TPSA) is 38.9 Å². The van der Waals surface area contributed by atoms with Gasteiger partial charge in [0.25, 0.3) is 0 Å². The Morgan fingerprint density at radius 3 is 2.65 bits per heavy atom. The SMILES string of the molecule is Cl.Cl.NC1CCc2ccccc2C1Cc1cccnc1. The number of nitrogens with zero attached hydrogens (tertiary/aromatic N) is 1. The number of rotatable bonds is 2. The van der Waals surface area contributed by atoms with Gasteiger partial charge in [0.1, 0.15) is 0 Å². The number of halogens is 2. The van der Waals surface area contributed by atoms with Crippen molar-refractivity contribution in [1.82, 2.24) is 4.98 Å². The fourth-order valence-corrected chi connectivity index (χ4v) is 2.91. The van der Waals surface area contributed by atoms with Gasteiger partial charge in [-0.15, -0.1) is 24.8 Å². The van der Waals surface area contributed by atoms with Crippen LogP contribution in [0.2, 0.25) is 0 Å². The molecule has 2 unspecified atom stereocenters. The number of hydrogen-bond donors (Lipinski definition) is 1. The van der Waals surface area contributed by atoms with E-state index in [4.69, 9.17) is 5.73 Å². The molecule has 2 atom stereocenters. The lowest BCUT2D eigenvalue weighted by Crippen LogP contribution is -2.34. The monoisotopic (exact) mass is 310 g/mol. The summed E-state index contributed by atoms with van der Waals surface area (Å²) in [5, 5.41) is 0. The third-order valence-electron chi connectivity index (χ3n) is 3.90. The van der Waals surface area contributed by atoms with Gasteiger partial charge in [0.05, 0.1) is 0 Å². The Balaban J connectivity index is 0.000001000. The fraction of sp³-hybridized carbons (Fsp3) is 0.312. The van der Waals surface area contributed by atoms with Crippen LogP contribution in [0.3, 0.4) is 0 Å². The minimum absolute atomic E-state index is 0. The first-order chi connectivity index (χ1) is 8.84. The molecular formula is C16H20Cl2N2. The van der Waals surface area contributed by atoms with Crippen LogP contribution < -0.4 is 5.73 Å². The van der Waals surface area contributed by atoms with Crippen molar-refractivity contribution >= 4 is 24.8 Å². The van der Waals surface area contributed by atoms with Crippen LogP contribution in [0.4, 0.5) is 0 Å². The molecule has 0 spiro atoms. The highest BCUT2D eigenvalue weighted by atomic mass is 35.5. The predicted molar refractivity (Wildman–Crippen MR) is 87.9 cm³/mol. The first kappa shape index (κ1) is 17.0. The van der Waals surface area contributed by atoms with E-state index in [2.05, 4.69) is 35.3 Å². The molecule has 2 nitrogen and oxygen atoms in total. The summed E-state index contributed by atoms with van der Waals surface area (Å²) in [5.74, 6) is 0.430. The van der Waals surface area contributed by atoms with E-state index in [-0.39, 0.29) is 30.9 Å². The second kappa shape index (κ2) is 7.63. The first-order valence-corrected chi connectivity index (χ1v) is 6.57. The van der Waals surface area contributed by atoms with Gasteiger partial charge in [-0.25, -0.2) is 0 Å². The van der Waals surface area contributed by atoms with Gasteiger partial charge in [0, 0.05) is 24.4 Å². The zero-order valence-corrected chi connectivity index (χ0v) is 12.9. The van der Waals surface area contributed by atoms with Gasteiger partial charge in [0.2, 0.25) is 0 Å². The summed E-state index contributed by atoms with van der Waals surface area (Å²) in [7, 11) is 0. The summed E-state index contributed by atoms with van der Waals surface area (Å²) in [4.78, 5) is 4.19. The second-order valence-electron chi connectivity index (χ2n) is 5.07. The third kappa shape index (κ3) is 3.51. The van der Waals surface area contributed by atoms with Crippen molar-refractivity contribution in [3.05, 3.63) is 65.5 Å². The quantitative estimate of drug-likeness (QED) is 0.921. The Kier molecular flexibility index (Phi) is 6.47. The molecule has 3 rings (SSSR count). The highest BCUT2D eigenvalue weighted by Gasteiger charge is 2.26. The molecule has 0 saturated carbocycles. The Bertz CT molecular complexity index is 531. The third-order valence-corrected chi connectivity index (χ3v) is 3.90. The molecule has 0 saturated heterocycles. The molecule has 1 aliphatic carbocycles. The molecule has 4 heteroatoms. The number of pyridine rings is 1. The molecule has 2 N–H and O–H groups in total. The minimum Gasteiger partial charge on any atom is -0.327 e. The highest BCUT2D eigenvalue weighted by Crippen LogP contribution is 2.33. The van der Waals surface area contributed by atoms with Crippen LogP contribution in [0.15, 0.2) is 48.8 Å². The maximum Gasteiger partial charge on any atom is 0.0300 e. The van der Waals surface area contributed by atoms with Crippen LogP contribution in [-0.4, -0.2) is 11.0 Å². The minimum atomic E-state index is 0. The number of hydrogen-bond acceptors (Lipinski definition) is 2. The Morgan fingerprint density at radius 2 is 1.90 bits per heavy atom. The number of benzene rings is 1. The van der Waals surface area contributed by atoms with E-state index < -0.39 is 0 Å². The number of aryl methyl sites for hydroxylation is 1. The van der Waals surface area contributed by atoms with Gasteiger partial charge in [-0.1, -0.05) is 30.3 Å². The normalized spacial score (nSPS) is 20.2. The summed E-state index contributed by atoms with van der Waals surface area (Å²) >= 11 is 0. The van der Waals surface area contributed by atoms with Crippen LogP contribution >= 0.6 is 24.8 Å². The van der Waals surface area contributed by atoms with E-state index >= 15 is 0 Å². The first-order valence-electron chi connectivity index (χ1n) is 6.57. The summed E-state index contributed by atoms with van der Waals surface area (Å²) in [6.07, 6.45) is 6.96. The summed E-state index contributed by atoms with van der Waals surface area (Å²) in [6.45, 7) is 0. The van der Waals surface area contributed by atoms with E-state index in [0.717, 1.165) is 19.3 Å². The van der Waals surface area contributed by atoms with Gasteiger partial charge in [0.15, 0.2) is 0 Å². The zero-order chi connectivity index (χ0) is 12.4. The van der Waals surface area contributed by atoms with Gasteiger partial charge in [-0.3, -0.25) is 4.98 Å². The maximum absolute atomic E-state index is 6.32. The van der Waals surface area contributed by atoms with Crippen molar-refractivity contribution in [2.45, 2.75) is 31.2 Å². The molecule has 0 bridgehead atoms. The second-order valence-corrected chi connectivity index (χ2v) is 5.07. The van der Waals surface area contributed by atoms with Gasteiger partial charge in [-0.2, -0.15) is 0 Å². The molecule has 0 aliphatic heterocycles. The Hall–Kier alpha value is -1.09. The summed E-state index contributed by atoms with van der Waals surface area (Å²) < 4.78 is 0. The van der Waals surface area contributed by atoms with Crippen molar-refractivity contribution < 1.29 is 0 Å². The van der Waals surface area contributed by atoms with Crippen LogP contribution in [-0.2, 0) is 12.8 Å². The van der Waals surface area contributed by atoms with Crippen molar-refractivity contribution in [1.29, 1.82) is 0 Å². The smallest absolute Gasteiger partial charge is 0.0300 e. The van der Waals surface area contributed by atoms with Crippen molar-refractivity contribution in [3.63, 3.8) is 0 Å². The molecule has 108 valence electrons. The van der Waals surface area contributed by atoms with Crippen LogP contribution in [0.25, 0.3) is 0 Å². The number of nitrogens with two attached hydrogens (primary N) is 1. The average molecular weight is 311 g/mol. The van der Waals surface area contributed by atoms with Crippen molar-refractivity contribution in [2.24, 2.45) is 5.73 Å². The predicted octanol–water partition coefficient (Wildman–Crippen LogP) is 3.53. The van der Waals surface area contributed by atoms with Crippen LogP contribution in [0.5, 0.6) is 0 Å². The molecule has 0 radical (unpaired) electrons. The van der Waals surface area contributed by atoms with E-state index in [9.17, 15) is 0 Å².